The summed E-state index contributed by atoms with van der Waals surface area (Å²) in [5.74, 6) is -0.336. The summed E-state index contributed by atoms with van der Waals surface area (Å²) in [6.45, 7) is 2.56. The number of hydrogen-bond donors (Lipinski definition) is 2. The average Bonchev–Trinajstić information content (AvgIpc) is 2.87. The number of halogens is 1. The molecular weight excluding hydrogens is 457 g/mol. The van der Waals surface area contributed by atoms with Gasteiger partial charge in [0.05, 0.1) is 24.6 Å². The Balaban J connectivity index is 1.79. The number of likely N-dealkylation sites (N-methyl/N-ethyl adjacent to an activating group) is 1. The highest BCUT2D eigenvalue weighted by molar-refractivity contribution is 14.1. The Bertz CT molecular complexity index is 721. The number of anilines is 1. The van der Waals surface area contributed by atoms with E-state index in [1.165, 1.54) is 0 Å². The van der Waals surface area contributed by atoms with Crippen molar-refractivity contribution in [2.75, 3.05) is 36.5 Å². The molecule has 1 saturated heterocycles. The van der Waals surface area contributed by atoms with Crippen LogP contribution in [0.4, 0.5) is 5.69 Å². The van der Waals surface area contributed by atoms with Gasteiger partial charge in [0.1, 0.15) is 0 Å². The Morgan fingerprint density at radius 2 is 1.84 bits per heavy atom. The zero-order valence-corrected chi connectivity index (χ0v) is 17.0. The number of amides is 2. The van der Waals surface area contributed by atoms with E-state index >= 15 is 0 Å². The van der Waals surface area contributed by atoms with E-state index in [-0.39, 0.29) is 42.5 Å². The van der Waals surface area contributed by atoms with Gasteiger partial charge in [-0.15, -0.1) is 0 Å². The fraction of sp³-hybridized carbons (Fsp3) is 0.500. The van der Waals surface area contributed by atoms with Crippen LogP contribution in [0.5, 0.6) is 0 Å². The lowest BCUT2D eigenvalue weighted by Crippen LogP contribution is -2.44. The van der Waals surface area contributed by atoms with Crippen LogP contribution < -0.4 is 10.6 Å². The van der Waals surface area contributed by atoms with Crippen LogP contribution >= 0.6 is 22.6 Å². The van der Waals surface area contributed by atoms with Gasteiger partial charge in [-0.1, -0.05) is 6.92 Å². The molecule has 0 radical (unpaired) electrons. The monoisotopic (exact) mass is 479 g/mol. The molecule has 1 fully saturated rings. The number of carbonyl (C=O) groups is 2. The number of rotatable bonds is 7. The number of nitrogens with zero attached hydrogens (tertiary/aromatic N) is 1. The van der Waals surface area contributed by atoms with E-state index < -0.39 is 9.84 Å². The SMILES string of the molecule is CCN(CC(=O)Nc1ccc(I)cc1)CC(=O)N[C@@H]1CCS(=O)(=O)C1. The molecule has 2 amide bonds. The molecule has 1 heterocycles. The van der Waals surface area contributed by atoms with Crippen LogP contribution in [0.1, 0.15) is 13.3 Å². The minimum Gasteiger partial charge on any atom is -0.351 e. The third kappa shape index (κ3) is 6.90. The second-order valence-corrected chi connectivity index (χ2v) is 9.50. The molecule has 1 aliphatic rings. The van der Waals surface area contributed by atoms with Gasteiger partial charge in [-0.2, -0.15) is 0 Å². The molecule has 0 unspecified atom stereocenters. The summed E-state index contributed by atoms with van der Waals surface area (Å²) in [5, 5.41) is 5.53. The minimum atomic E-state index is -3.02. The lowest BCUT2D eigenvalue weighted by molar-refractivity contribution is -0.123. The molecule has 2 N–H and O–H groups in total. The van der Waals surface area contributed by atoms with Crippen LogP contribution in [-0.4, -0.2) is 62.3 Å². The van der Waals surface area contributed by atoms with Crippen LogP contribution in [0.2, 0.25) is 0 Å². The van der Waals surface area contributed by atoms with Crippen molar-refractivity contribution in [3.05, 3.63) is 27.8 Å². The van der Waals surface area contributed by atoms with E-state index in [9.17, 15) is 18.0 Å². The zero-order valence-electron chi connectivity index (χ0n) is 14.0. The summed E-state index contributed by atoms with van der Waals surface area (Å²) in [4.78, 5) is 25.9. The van der Waals surface area contributed by atoms with Crippen LogP contribution in [-0.2, 0) is 19.4 Å². The first-order valence-corrected chi connectivity index (χ1v) is 10.9. The molecule has 1 aromatic rings. The van der Waals surface area contributed by atoms with Gasteiger partial charge in [-0.3, -0.25) is 14.5 Å². The number of nitrogens with one attached hydrogen (secondary N) is 2. The van der Waals surface area contributed by atoms with E-state index in [4.69, 9.17) is 0 Å². The maximum Gasteiger partial charge on any atom is 0.238 e. The van der Waals surface area contributed by atoms with Gasteiger partial charge in [-0.25, -0.2) is 8.42 Å². The molecule has 138 valence electrons. The third-order valence-corrected chi connectivity index (χ3v) is 6.39. The number of benzene rings is 1. The lowest BCUT2D eigenvalue weighted by atomic mass is 10.2. The average molecular weight is 479 g/mol. The summed E-state index contributed by atoms with van der Waals surface area (Å²) in [6.07, 6.45) is 0.452. The first-order chi connectivity index (χ1) is 11.8. The van der Waals surface area contributed by atoms with E-state index in [1.807, 2.05) is 31.2 Å². The van der Waals surface area contributed by atoms with Crippen molar-refractivity contribution in [1.82, 2.24) is 10.2 Å². The summed E-state index contributed by atoms with van der Waals surface area (Å²) in [5.41, 5.74) is 0.710. The highest BCUT2D eigenvalue weighted by atomic mass is 127. The maximum absolute atomic E-state index is 12.1. The Kier molecular flexibility index (Phi) is 7.20. The maximum atomic E-state index is 12.1. The molecule has 2 rings (SSSR count). The number of carbonyl (C=O) groups excluding carboxylic acids is 2. The molecule has 0 aromatic heterocycles. The summed E-state index contributed by atoms with van der Waals surface area (Å²) in [6, 6.07) is 7.12. The molecular formula is C16H22IN3O4S. The Morgan fingerprint density at radius 3 is 2.40 bits per heavy atom. The fourth-order valence-corrected chi connectivity index (χ4v) is 4.63. The largest absolute Gasteiger partial charge is 0.351 e. The molecule has 7 nitrogen and oxygen atoms in total. The molecule has 0 bridgehead atoms. The first-order valence-electron chi connectivity index (χ1n) is 8.05. The Hall–Kier alpha value is -1.20. The van der Waals surface area contributed by atoms with Gasteiger partial charge in [-0.05, 0) is 59.8 Å². The topological polar surface area (TPSA) is 95.6 Å². The van der Waals surface area contributed by atoms with Crippen LogP contribution in [0.15, 0.2) is 24.3 Å². The van der Waals surface area contributed by atoms with Crippen molar-refractivity contribution in [3.63, 3.8) is 0 Å². The Labute approximate surface area is 161 Å². The number of sulfone groups is 1. The summed E-state index contributed by atoms with van der Waals surface area (Å²) in [7, 11) is -3.02. The van der Waals surface area contributed by atoms with Crippen molar-refractivity contribution in [1.29, 1.82) is 0 Å². The molecule has 9 heteroatoms. The van der Waals surface area contributed by atoms with E-state index in [0.717, 1.165) is 3.57 Å². The van der Waals surface area contributed by atoms with Crippen molar-refractivity contribution in [2.45, 2.75) is 19.4 Å². The molecule has 0 spiro atoms. The molecule has 1 aromatic carbocycles. The normalized spacial score (nSPS) is 18.9. The predicted molar refractivity (Wildman–Crippen MR) is 105 cm³/mol. The van der Waals surface area contributed by atoms with Gasteiger partial charge in [0.2, 0.25) is 11.8 Å². The predicted octanol–water partition coefficient (Wildman–Crippen LogP) is 0.855. The highest BCUT2D eigenvalue weighted by Crippen LogP contribution is 2.12. The van der Waals surface area contributed by atoms with Crippen molar-refractivity contribution >= 4 is 49.9 Å². The van der Waals surface area contributed by atoms with Crippen molar-refractivity contribution in [3.8, 4) is 0 Å². The Morgan fingerprint density at radius 1 is 1.20 bits per heavy atom. The van der Waals surface area contributed by atoms with Crippen molar-refractivity contribution in [2.24, 2.45) is 0 Å². The standard InChI is InChI=1S/C16H22IN3O4S/c1-2-20(9-15(21)18-13-5-3-12(17)4-6-13)10-16(22)19-14-7-8-25(23,24)11-14/h3-6,14H,2,7-11H2,1H3,(H,18,21)(H,19,22)/t14-/m1/s1. The highest BCUT2D eigenvalue weighted by Gasteiger charge is 2.29. The second-order valence-electron chi connectivity index (χ2n) is 6.03. The fourth-order valence-electron chi connectivity index (χ4n) is 2.60. The third-order valence-electron chi connectivity index (χ3n) is 3.91. The van der Waals surface area contributed by atoms with Gasteiger partial charge in [0.15, 0.2) is 9.84 Å². The van der Waals surface area contributed by atoms with Gasteiger partial charge in [0, 0.05) is 15.3 Å². The van der Waals surface area contributed by atoms with E-state index in [2.05, 4.69) is 33.2 Å². The van der Waals surface area contributed by atoms with Crippen LogP contribution in [0.3, 0.4) is 0 Å². The van der Waals surface area contributed by atoms with E-state index in [0.29, 0.717) is 18.7 Å². The first kappa shape index (κ1) is 20.1. The lowest BCUT2D eigenvalue weighted by Gasteiger charge is -2.20. The van der Waals surface area contributed by atoms with Crippen LogP contribution in [0.25, 0.3) is 0 Å². The van der Waals surface area contributed by atoms with Gasteiger partial charge >= 0.3 is 0 Å². The molecule has 0 aliphatic carbocycles. The van der Waals surface area contributed by atoms with Gasteiger partial charge in [0.25, 0.3) is 0 Å². The number of hydrogen-bond acceptors (Lipinski definition) is 5. The smallest absolute Gasteiger partial charge is 0.238 e. The molecule has 0 saturated carbocycles. The molecule has 1 atom stereocenters. The van der Waals surface area contributed by atoms with Crippen LogP contribution in [0, 0.1) is 3.57 Å². The van der Waals surface area contributed by atoms with Gasteiger partial charge < -0.3 is 10.6 Å². The van der Waals surface area contributed by atoms with E-state index in [1.54, 1.807) is 4.90 Å². The van der Waals surface area contributed by atoms with Crippen molar-refractivity contribution < 1.29 is 18.0 Å². The molecule has 1 aliphatic heterocycles. The summed E-state index contributed by atoms with van der Waals surface area (Å²) < 4.78 is 23.9. The second kappa shape index (κ2) is 8.95. The quantitative estimate of drug-likeness (QED) is 0.566. The molecule has 25 heavy (non-hydrogen) atoms. The zero-order chi connectivity index (χ0) is 18.4. The summed E-state index contributed by atoms with van der Waals surface area (Å²) >= 11 is 2.19. The minimum absolute atomic E-state index is 0.00183.